The number of rotatable bonds is 5. The second-order valence-corrected chi connectivity index (χ2v) is 7.80. The van der Waals surface area contributed by atoms with Crippen molar-refractivity contribution in [3.05, 3.63) is 35.4 Å². The largest absolute Gasteiger partial charge is 0.330 e. The number of piperazine rings is 1. The third-order valence-corrected chi connectivity index (χ3v) is 5.41. The fraction of sp³-hybridized carbons (Fsp3) is 0.600. The van der Waals surface area contributed by atoms with Crippen LogP contribution in [-0.2, 0) is 16.6 Å². The quantitative estimate of drug-likeness (QED) is 0.874. The molecule has 1 heterocycles. The summed E-state index contributed by atoms with van der Waals surface area (Å²) in [7, 11) is -3.05. The summed E-state index contributed by atoms with van der Waals surface area (Å²) in [5.74, 6) is 0.386. The smallest absolute Gasteiger partial charge is 0.211 e. The van der Waals surface area contributed by atoms with Crippen LogP contribution >= 0.6 is 0 Å². The van der Waals surface area contributed by atoms with Crippen molar-refractivity contribution in [3.8, 4) is 0 Å². The fourth-order valence-electron chi connectivity index (χ4n) is 2.57. The van der Waals surface area contributed by atoms with Crippen molar-refractivity contribution in [2.24, 2.45) is 5.73 Å². The van der Waals surface area contributed by atoms with Gasteiger partial charge in [-0.2, -0.15) is 4.31 Å². The van der Waals surface area contributed by atoms with Gasteiger partial charge in [0.05, 0.1) is 6.26 Å². The molecule has 1 aliphatic rings. The molecule has 1 aromatic rings. The Labute approximate surface area is 127 Å². The van der Waals surface area contributed by atoms with E-state index in [2.05, 4.69) is 36.1 Å². The molecule has 0 radical (unpaired) electrons. The minimum absolute atomic E-state index is 0.386. The molecule has 2 N–H and O–H groups in total. The van der Waals surface area contributed by atoms with Crippen LogP contribution in [0.4, 0.5) is 0 Å². The molecule has 0 bridgehead atoms. The molecule has 2 rings (SSSR count). The maximum absolute atomic E-state index is 11.5. The lowest BCUT2D eigenvalue weighted by Gasteiger charge is -2.33. The molecule has 1 atom stereocenters. The van der Waals surface area contributed by atoms with Gasteiger partial charge in [0, 0.05) is 32.7 Å². The second kappa shape index (κ2) is 6.87. The van der Waals surface area contributed by atoms with Crippen molar-refractivity contribution in [2.45, 2.75) is 19.4 Å². The molecule has 5 nitrogen and oxygen atoms in total. The van der Waals surface area contributed by atoms with E-state index in [1.54, 1.807) is 4.31 Å². The first-order chi connectivity index (χ1) is 9.90. The Morgan fingerprint density at radius 2 is 1.71 bits per heavy atom. The molecular weight excluding hydrogens is 286 g/mol. The van der Waals surface area contributed by atoms with Gasteiger partial charge in [0.2, 0.25) is 10.0 Å². The zero-order valence-corrected chi connectivity index (χ0v) is 13.6. The van der Waals surface area contributed by atoms with Crippen LogP contribution in [0, 0.1) is 0 Å². The highest BCUT2D eigenvalue weighted by molar-refractivity contribution is 7.88. The third-order valence-electron chi connectivity index (χ3n) is 4.11. The van der Waals surface area contributed by atoms with Crippen molar-refractivity contribution in [1.29, 1.82) is 0 Å². The van der Waals surface area contributed by atoms with E-state index in [1.165, 1.54) is 17.4 Å². The summed E-state index contributed by atoms with van der Waals surface area (Å²) in [5, 5.41) is 0. The van der Waals surface area contributed by atoms with Gasteiger partial charge in [-0.3, -0.25) is 4.90 Å². The standard InChI is InChI=1S/C15H25N3O2S/c1-13(11-16)15-5-3-14(4-6-15)12-17-7-9-18(10-8-17)21(2,19)20/h3-6,13H,7-12,16H2,1-2H3. The number of nitrogens with two attached hydrogens (primary N) is 1. The zero-order chi connectivity index (χ0) is 15.5. The van der Waals surface area contributed by atoms with Crippen molar-refractivity contribution in [2.75, 3.05) is 39.0 Å². The van der Waals surface area contributed by atoms with Crippen LogP contribution in [0.1, 0.15) is 24.0 Å². The molecule has 6 heteroatoms. The highest BCUT2D eigenvalue weighted by Gasteiger charge is 2.23. The molecule has 0 spiro atoms. The van der Waals surface area contributed by atoms with Crippen molar-refractivity contribution >= 4 is 10.0 Å². The van der Waals surface area contributed by atoms with Crippen LogP contribution in [-0.4, -0.2) is 56.6 Å². The van der Waals surface area contributed by atoms with E-state index >= 15 is 0 Å². The van der Waals surface area contributed by atoms with Crippen LogP contribution in [0.2, 0.25) is 0 Å². The molecule has 0 amide bonds. The SMILES string of the molecule is CC(CN)c1ccc(CN2CCN(S(C)(=O)=O)CC2)cc1. The Bertz CT molecular complexity index is 549. The highest BCUT2D eigenvalue weighted by Crippen LogP contribution is 2.16. The Kier molecular flexibility index (Phi) is 5.37. The van der Waals surface area contributed by atoms with Gasteiger partial charge in [-0.15, -0.1) is 0 Å². The van der Waals surface area contributed by atoms with E-state index in [4.69, 9.17) is 5.73 Å². The lowest BCUT2D eigenvalue weighted by Crippen LogP contribution is -2.47. The minimum Gasteiger partial charge on any atom is -0.330 e. The Morgan fingerprint density at radius 1 is 1.14 bits per heavy atom. The summed E-state index contributed by atoms with van der Waals surface area (Å²) < 4.78 is 24.5. The molecule has 1 fully saturated rings. The molecular formula is C15H25N3O2S. The first-order valence-corrected chi connectivity index (χ1v) is 9.21. The minimum atomic E-state index is -3.05. The lowest BCUT2D eigenvalue weighted by atomic mass is 10.00. The van der Waals surface area contributed by atoms with Gasteiger partial charge in [-0.1, -0.05) is 31.2 Å². The molecule has 1 saturated heterocycles. The predicted octanol–water partition coefficient (Wildman–Crippen LogP) is 0.826. The topological polar surface area (TPSA) is 66.6 Å². The average molecular weight is 311 g/mol. The van der Waals surface area contributed by atoms with E-state index in [9.17, 15) is 8.42 Å². The van der Waals surface area contributed by atoms with Crippen LogP contribution < -0.4 is 5.73 Å². The van der Waals surface area contributed by atoms with Gasteiger partial charge >= 0.3 is 0 Å². The molecule has 21 heavy (non-hydrogen) atoms. The molecule has 0 aliphatic carbocycles. The number of hydrogen-bond donors (Lipinski definition) is 1. The van der Waals surface area contributed by atoms with Crippen LogP contribution in [0.3, 0.4) is 0 Å². The monoisotopic (exact) mass is 311 g/mol. The van der Waals surface area contributed by atoms with Crippen molar-refractivity contribution < 1.29 is 8.42 Å². The first kappa shape index (κ1) is 16.4. The second-order valence-electron chi connectivity index (χ2n) is 5.82. The number of benzene rings is 1. The third kappa shape index (κ3) is 4.51. The van der Waals surface area contributed by atoms with Crippen LogP contribution in [0.5, 0.6) is 0 Å². The fourth-order valence-corrected chi connectivity index (χ4v) is 3.39. The average Bonchev–Trinajstić information content (AvgIpc) is 2.47. The first-order valence-electron chi connectivity index (χ1n) is 7.36. The number of nitrogens with zero attached hydrogens (tertiary/aromatic N) is 2. The van der Waals surface area contributed by atoms with Gasteiger partial charge in [0.25, 0.3) is 0 Å². The van der Waals surface area contributed by atoms with E-state index in [0.717, 1.165) is 19.6 Å². The molecule has 0 saturated carbocycles. The van der Waals surface area contributed by atoms with Gasteiger partial charge in [-0.05, 0) is 23.6 Å². The molecule has 1 aromatic carbocycles. The summed E-state index contributed by atoms with van der Waals surface area (Å²) in [6.45, 7) is 6.39. The van der Waals surface area contributed by atoms with E-state index in [-0.39, 0.29) is 0 Å². The summed E-state index contributed by atoms with van der Waals surface area (Å²) in [6, 6.07) is 8.56. The Hall–Kier alpha value is -0.950. The predicted molar refractivity (Wildman–Crippen MR) is 85.6 cm³/mol. The van der Waals surface area contributed by atoms with Crippen molar-refractivity contribution in [1.82, 2.24) is 9.21 Å². The molecule has 118 valence electrons. The maximum atomic E-state index is 11.5. The summed E-state index contributed by atoms with van der Waals surface area (Å²) in [5.41, 5.74) is 8.20. The normalized spacial score (nSPS) is 19.6. The molecule has 0 aromatic heterocycles. The zero-order valence-electron chi connectivity index (χ0n) is 12.8. The molecule has 1 unspecified atom stereocenters. The van der Waals surface area contributed by atoms with E-state index < -0.39 is 10.0 Å². The van der Waals surface area contributed by atoms with Crippen LogP contribution in [0.15, 0.2) is 24.3 Å². The maximum Gasteiger partial charge on any atom is 0.211 e. The van der Waals surface area contributed by atoms with Gasteiger partial charge in [0.1, 0.15) is 0 Å². The number of hydrogen-bond acceptors (Lipinski definition) is 4. The Balaban J connectivity index is 1.89. The van der Waals surface area contributed by atoms with Gasteiger partial charge in [0.15, 0.2) is 0 Å². The van der Waals surface area contributed by atoms with Crippen molar-refractivity contribution in [3.63, 3.8) is 0 Å². The van der Waals surface area contributed by atoms with E-state index in [0.29, 0.717) is 25.6 Å². The number of sulfonamides is 1. The Morgan fingerprint density at radius 3 is 2.19 bits per heavy atom. The summed E-state index contributed by atoms with van der Waals surface area (Å²) in [4.78, 5) is 2.29. The molecule has 1 aliphatic heterocycles. The van der Waals surface area contributed by atoms with Gasteiger partial charge in [-0.25, -0.2) is 8.42 Å². The van der Waals surface area contributed by atoms with E-state index in [1.807, 2.05) is 0 Å². The van der Waals surface area contributed by atoms with Gasteiger partial charge < -0.3 is 5.73 Å². The summed E-state index contributed by atoms with van der Waals surface area (Å²) >= 11 is 0. The highest BCUT2D eigenvalue weighted by atomic mass is 32.2. The van der Waals surface area contributed by atoms with Crippen LogP contribution in [0.25, 0.3) is 0 Å². The summed E-state index contributed by atoms with van der Waals surface area (Å²) in [6.07, 6.45) is 1.28. The lowest BCUT2D eigenvalue weighted by molar-refractivity contribution is 0.182.